The molecule has 0 unspecified atom stereocenters. The molecule has 4 heteroatoms. The van der Waals surface area contributed by atoms with E-state index in [-0.39, 0.29) is 0 Å². The lowest BCUT2D eigenvalue weighted by Crippen LogP contribution is -2.38. The highest BCUT2D eigenvalue weighted by Gasteiger charge is 2.15. The van der Waals surface area contributed by atoms with Gasteiger partial charge in [-0.1, -0.05) is 50.8 Å². The molecule has 21 heavy (non-hydrogen) atoms. The van der Waals surface area contributed by atoms with Crippen molar-refractivity contribution in [2.75, 3.05) is 11.9 Å². The van der Waals surface area contributed by atoms with Crippen molar-refractivity contribution in [3.05, 3.63) is 29.8 Å². The Morgan fingerprint density at radius 2 is 1.76 bits per heavy atom. The second-order valence-corrected chi connectivity index (χ2v) is 5.45. The number of unbranched alkanes of at least 4 members (excludes halogenated alkanes) is 1. The number of hydrogen-bond donors (Lipinski definition) is 2. The molecule has 0 radical (unpaired) electrons. The molecule has 0 fully saturated rings. The van der Waals surface area contributed by atoms with Crippen LogP contribution in [-0.2, 0) is 9.59 Å². The van der Waals surface area contributed by atoms with Gasteiger partial charge in [0, 0.05) is 12.2 Å². The van der Waals surface area contributed by atoms with Gasteiger partial charge in [-0.05, 0) is 31.4 Å². The highest BCUT2D eigenvalue weighted by Crippen LogP contribution is 2.11. The molecule has 0 aliphatic carbocycles. The molecule has 116 valence electrons. The molecule has 2 N–H and O–H groups in total. The van der Waals surface area contributed by atoms with Gasteiger partial charge in [0.15, 0.2) is 0 Å². The molecule has 0 aliphatic heterocycles. The summed E-state index contributed by atoms with van der Waals surface area (Å²) in [5.41, 5.74) is 1.75. The molecule has 1 aromatic rings. The van der Waals surface area contributed by atoms with Crippen molar-refractivity contribution in [1.82, 2.24) is 5.32 Å². The molecule has 0 spiro atoms. The molecule has 1 aromatic carbocycles. The van der Waals surface area contributed by atoms with E-state index in [1.807, 2.05) is 19.1 Å². The van der Waals surface area contributed by atoms with Crippen molar-refractivity contribution < 1.29 is 9.59 Å². The molecular formula is C17H26N2O2. The first-order chi connectivity index (χ1) is 10.1. The quantitative estimate of drug-likeness (QED) is 0.757. The zero-order valence-corrected chi connectivity index (χ0v) is 13.2. The van der Waals surface area contributed by atoms with Gasteiger partial charge in [-0.15, -0.1) is 0 Å². The van der Waals surface area contributed by atoms with Gasteiger partial charge in [0.2, 0.25) is 0 Å². The summed E-state index contributed by atoms with van der Waals surface area (Å²) in [7, 11) is 0. The summed E-state index contributed by atoms with van der Waals surface area (Å²) in [5, 5.41) is 5.33. The maximum absolute atomic E-state index is 11.8. The van der Waals surface area contributed by atoms with Crippen LogP contribution in [0.25, 0.3) is 0 Å². The Balaban J connectivity index is 2.40. The van der Waals surface area contributed by atoms with Crippen LogP contribution in [0, 0.1) is 12.8 Å². The zero-order valence-electron chi connectivity index (χ0n) is 13.2. The topological polar surface area (TPSA) is 58.2 Å². The third-order valence-corrected chi connectivity index (χ3v) is 3.61. The highest BCUT2D eigenvalue weighted by atomic mass is 16.2. The molecule has 4 nitrogen and oxygen atoms in total. The fraction of sp³-hybridized carbons (Fsp3) is 0.529. The van der Waals surface area contributed by atoms with Crippen LogP contribution < -0.4 is 10.6 Å². The lowest BCUT2D eigenvalue weighted by Gasteiger charge is -2.15. The van der Waals surface area contributed by atoms with Crippen LogP contribution in [-0.4, -0.2) is 18.4 Å². The summed E-state index contributed by atoms with van der Waals surface area (Å²) in [6.45, 7) is 6.80. The minimum Gasteiger partial charge on any atom is -0.348 e. The van der Waals surface area contributed by atoms with Crippen LogP contribution in [0.3, 0.4) is 0 Å². The predicted molar refractivity (Wildman–Crippen MR) is 86.1 cm³/mol. The first-order valence-corrected chi connectivity index (χ1v) is 7.72. The van der Waals surface area contributed by atoms with Gasteiger partial charge in [0.1, 0.15) is 0 Å². The summed E-state index contributed by atoms with van der Waals surface area (Å²) >= 11 is 0. The highest BCUT2D eigenvalue weighted by molar-refractivity contribution is 6.39. The van der Waals surface area contributed by atoms with Crippen LogP contribution in [0.1, 0.15) is 45.1 Å². The number of benzene rings is 1. The molecule has 1 atom stereocenters. The number of aryl methyl sites for hydroxylation is 1. The number of nitrogens with one attached hydrogen (secondary N) is 2. The summed E-state index contributed by atoms with van der Waals surface area (Å²) in [6.07, 6.45) is 4.41. The fourth-order valence-electron chi connectivity index (χ4n) is 2.09. The third-order valence-electron chi connectivity index (χ3n) is 3.61. The van der Waals surface area contributed by atoms with Crippen LogP contribution in [0.4, 0.5) is 5.69 Å². The van der Waals surface area contributed by atoms with Crippen molar-refractivity contribution in [1.29, 1.82) is 0 Å². The second-order valence-electron chi connectivity index (χ2n) is 5.45. The minimum atomic E-state index is -0.607. The van der Waals surface area contributed by atoms with Gasteiger partial charge < -0.3 is 10.6 Å². The van der Waals surface area contributed by atoms with E-state index in [2.05, 4.69) is 24.5 Å². The third kappa shape index (κ3) is 6.43. The van der Waals surface area contributed by atoms with Crippen molar-refractivity contribution in [3.8, 4) is 0 Å². The van der Waals surface area contributed by atoms with E-state index in [9.17, 15) is 9.59 Å². The Morgan fingerprint density at radius 1 is 1.10 bits per heavy atom. The van der Waals surface area contributed by atoms with Crippen LogP contribution in [0.15, 0.2) is 24.3 Å². The van der Waals surface area contributed by atoms with E-state index in [0.29, 0.717) is 18.2 Å². The number of carbonyl (C=O) groups is 2. The molecule has 0 aliphatic rings. The lowest BCUT2D eigenvalue weighted by molar-refractivity contribution is -0.136. The van der Waals surface area contributed by atoms with Gasteiger partial charge in [0.05, 0.1) is 0 Å². The zero-order chi connectivity index (χ0) is 15.7. The summed E-state index contributed by atoms with van der Waals surface area (Å²) in [4.78, 5) is 23.6. The van der Waals surface area contributed by atoms with E-state index in [4.69, 9.17) is 0 Å². The summed E-state index contributed by atoms with van der Waals surface area (Å²) in [6, 6.07) is 7.37. The summed E-state index contributed by atoms with van der Waals surface area (Å²) in [5.74, 6) is -0.726. The maximum Gasteiger partial charge on any atom is 0.313 e. The van der Waals surface area contributed by atoms with Crippen LogP contribution in [0.5, 0.6) is 0 Å². The van der Waals surface area contributed by atoms with Gasteiger partial charge in [-0.3, -0.25) is 9.59 Å². The standard InChI is InChI=1S/C17H26N2O2/c1-4-6-7-14(5-2)12-18-16(20)17(21)19-15-10-8-13(3)9-11-15/h8-11,14H,4-7,12H2,1-3H3,(H,18,20)(H,19,21)/t14-/m0/s1. The molecule has 0 saturated carbocycles. The average molecular weight is 290 g/mol. The molecule has 1 rings (SSSR count). The molecule has 0 bridgehead atoms. The molecule has 2 amide bonds. The normalized spacial score (nSPS) is 11.8. The van der Waals surface area contributed by atoms with Crippen molar-refractivity contribution in [3.63, 3.8) is 0 Å². The first-order valence-electron chi connectivity index (χ1n) is 7.72. The SMILES string of the molecule is CCCC[C@H](CC)CNC(=O)C(=O)Nc1ccc(C)cc1. The van der Waals surface area contributed by atoms with Gasteiger partial charge in [-0.2, -0.15) is 0 Å². The van der Waals surface area contributed by atoms with E-state index in [1.54, 1.807) is 12.1 Å². The smallest absolute Gasteiger partial charge is 0.313 e. The number of rotatable bonds is 7. The number of carbonyl (C=O) groups excluding carboxylic acids is 2. The second kappa shape index (κ2) is 9.16. The van der Waals surface area contributed by atoms with E-state index in [0.717, 1.165) is 31.2 Å². The number of anilines is 1. The number of hydrogen-bond acceptors (Lipinski definition) is 2. The van der Waals surface area contributed by atoms with Crippen molar-refractivity contribution in [2.24, 2.45) is 5.92 Å². The molecule has 0 saturated heterocycles. The number of amides is 2. The average Bonchev–Trinajstić information content (AvgIpc) is 2.49. The lowest BCUT2D eigenvalue weighted by atomic mass is 9.99. The maximum atomic E-state index is 11.8. The predicted octanol–water partition coefficient (Wildman–Crippen LogP) is 3.27. The molecule has 0 aromatic heterocycles. The first kappa shape index (κ1) is 17.2. The van der Waals surface area contributed by atoms with Crippen molar-refractivity contribution in [2.45, 2.75) is 46.5 Å². The van der Waals surface area contributed by atoms with Gasteiger partial charge in [0.25, 0.3) is 0 Å². The van der Waals surface area contributed by atoms with E-state index < -0.39 is 11.8 Å². The Kier molecular flexibility index (Phi) is 7.51. The fourth-order valence-corrected chi connectivity index (χ4v) is 2.09. The van der Waals surface area contributed by atoms with Crippen LogP contribution >= 0.6 is 0 Å². The molecular weight excluding hydrogens is 264 g/mol. The van der Waals surface area contributed by atoms with E-state index in [1.165, 1.54) is 0 Å². The van der Waals surface area contributed by atoms with Crippen LogP contribution in [0.2, 0.25) is 0 Å². The van der Waals surface area contributed by atoms with Gasteiger partial charge in [-0.25, -0.2) is 0 Å². The van der Waals surface area contributed by atoms with Crippen molar-refractivity contribution >= 4 is 17.5 Å². The monoisotopic (exact) mass is 290 g/mol. The molecule has 0 heterocycles. The largest absolute Gasteiger partial charge is 0.348 e. The minimum absolute atomic E-state index is 0.445. The van der Waals surface area contributed by atoms with E-state index >= 15 is 0 Å². The Morgan fingerprint density at radius 3 is 2.33 bits per heavy atom. The Hall–Kier alpha value is -1.84. The Labute approximate surface area is 127 Å². The Bertz CT molecular complexity index is 454. The summed E-state index contributed by atoms with van der Waals surface area (Å²) < 4.78 is 0. The van der Waals surface area contributed by atoms with Gasteiger partial charge >= 0.3 is 11.8 Å².